The molecule has 0 spiro atoms. The molecular weight excluding hydrogens is 192 g/mol. The topological polar surface area (TPSA) is 64.3 Å². The highest BCUT2D eigenvalue weighted by Crippen LogP contribution is 2.46. The maximum atomic E-state index is 12.0. The van der Waals surface area contributed by atoms with E-state index in [1.807, 2.05) is 6.07 Å². The lowest BCUT2D eigenvalue weighted by Gasteiger charge is -2.33. The van der Waals surface area contributed by atoms with Gasteiger partial charge in [-0.15, -0.1) is 0 Å². The number of hydrogen-bond acceptors (Lipinski definition) is 3. The molecule has 0 aromatic carbocycles. The smallest absolute Gasteiger partial charge is 0.240 e. The van der Waals surface area contributed by atoms with Crippen LogP contribution in [0.4, 0.5) is 0 Å². The lowest BCUT2D eigenvalue weighted by Crippen LogP contribution is -2.49. The fraction of sp³-hybridized carbons (Fsp3) is 0.818. The van der Waals surface area contributed by atoms with Gasteiger partial charge < -0.3 is 10.0 Å². The molecule has 82 valence electrons. The van der Waals surface area contributed by atoms with Crippen molar-refractivity contribution < 1.29 is 9.90 Å². The molecule has 2 aliphatic heterocycles. The van der Waals surface area contributed by atoms with Gasteiger partial charge in [-0.1, -0.05) is 0 Å². The van der Waals surface area contributed by atoms with Crippen molar-refractivity contribution in [1.82, 2.24) is 4.90 Å². The van der Waals surface area contributed by atoms with E-state index in [1.165, 1.54) is 0 Å². The Morgan fingerprint density at radius 3 is 2.73 bits per heavy atom. The van der Waals surface area contributed by atoms with E-state index in [4.69, 9.17) is 5.26 Å². The Morgan fingerprint density at radius 2 is 2.27 bits per heavy atom. The molecule has 4 heteroatoms. The van der Waals surface area contributed by atoms with E-state index >= 15 is 0 Å². The number of carbonyl (C=O) groups excluding carboxylic acids is 1. The highest BCUT2D eigenvalue weighted by molar-refractivity contribution is 5.82. The lowest BCUT2D eigenvalue weighted by atomic mass is 9.88. The van der Waals surface area contributed by atoms with Gasteiger partial charge in [0.25, 0.3) is 0 Å². The Hall–Kier alpha value is -1.08. The first kappa shape index (κ1) is 10.4. The summed E-state index contributed by atoms with van der Waals surface area (Å²) in [5.41, 5.74) is -0.340. The van der Waals surface area contributed by atoms with Gasteiger partial charge in [0.2, 0.25) is 5.91 Å². The standard InChI is InChI=1S/C11H16N2O2/c1-8(6-12)10(15)13-9-2-4-11(13,7-14)5-3-9/h8-9,14H,2-5,7H2,1H3. The first-order chi connectivity index (χ1) is 7.14. The normalized spacial score (nSPS) is 35.3. The predicted molar refractivity (Wildman–Crippen MR) is 53.7 cm³/mol. The molecule has 1 atom stereocenters. The van der Waals surface area contributed by atoms with Crippen molar-refractivity contribution in [2.75, 3.05) is 6.61 Å². The van der Waals surface area contributed by atoms with Gasteiger partial charge in [-0.05, 0) is 32.6 Å². The summed E-state index contributed by atoms with van der Waals surface area (Å²) in [4.78, 5) is 13.8. The molecule has 15 heavy (non-hydrogen) atoms. The molecular formula is C11H16N2O2. The van der Waals surface area contributed by atoms with Crippen molar-refractivity contribution in [3.05, 3.63) is 0 Å². The van der Waals surface area contributed by atoms with Crippen LogP contribution in [-0.2, 0) is 4.79 Å². The zero-order valence-electron chi connectivity index (χ0n) is 8.94. The van der Waals surface area contributed by atoms with E-state index in [0.29, 0.717) is 0 Å². The van der Waals surface area contributed by atoms with E-state index in [0.717, 1.165) is 25.7 Å². The van der Waals surface area contributed by atoms with Crippen molar-refractivity contribution in [2.24, 2.45) is 5.92 Å². The van der Waals surface area contributed by atoms with E-state index < -0.39 is 5.92 Å². The Morgan fingerprint density at radius 1 is 1.67 bits per heavy atom. The van der Waals surface area contributed by atoms with Crippen LogP contribution in [0.1, 0.15) is 32.6 Å². The number of amides is 1. The number of fused-ring (bicyclic) bond motifs is 2. The third kappa shape index (κ3) is 1.34. The number of aliphatic hydroxyl groups is 1. The molecule has 2 heterocycles. The molecule has 2 saturated heterocycles. The molecule has 0 saturated carbocycles. The molecule has 1 N–H and O–H groups in total. The monoisotopic (exact) mass is 208 g/mol. The van der Waals surface area contributed by atoms with E-state index in [1.54, 1.807) is 11.8 Å². The Balaban J connectivity index is 2.23. The number of aliphatic hydroxyl groups excluding tert-OH is 1. The minimum absolute atomic E-state index is 0.0351. The van der Waals surface area contributed by atoms with Crippen LogP contribution in [0.15, 0.2) is 0 Å². The molecule has 0 aromatic heterocycles. The highest BCUT2D eigenvalue weighted by atomic mass is 16.3. The average Bonchev–Trinajstić information content (AvgIpc) is 2.82. The fourth-order valence-electron chi connectivity index (χ4n) is 2.94. The van der Waals surface area contributed by atoms with Crippen LogP contribution in [0, 0.1) is 17.2 Å². The van der Waals surface area contributed by atoms with Gasteiger partial charge in [0.05, 0.1) is 18.2 Å². The van der Waals surface area contributed by atoms with Crippen LogP contribution in [-0.4, -0.2) is 34.1 Å². The molecule has 2 aliphatic rings. The third-order valence-corrected chi connectivity index (χ3v) is 3.86. The Kier molecular flexibility index (Phi) is 2.43. The molecule has 2 fully saturated rings. The predicted octanol–water partition coefficient (Wildman–Crippen LogP) is 0.662. The second kappa shape index (κ2) is 3.49. The van der Waals surface area contributed by atoms with Gasteiger partial charge >= 0.3 is 0 Å². The highest BCUT2D eigenvalue weighted by Gasteiger charge is 2.53. The van der Waals surface area contributed by atoms with E-state index in [9.17, 15) is 9.90 Å². The van der Waals surface area contributed by atoms with Gasteiger partial charge in [-0.3, -0.25) is 4.79 Å². The van der Waals surface area contributed by atoms with Gasteiger partial charge in [-0.25, -0.2) is 0 Å². The first-order valence-corrected chi connectivity index (χ1v) is 5.48. The van der Waals surface area contributed by atoms with Gasteiger partial charge in [-0.2, -0.15) is 5.26 Å². The van der Waals surface area contributed by atoms with Crippen LogP contribution in [0.5, 0.6) is 0 Å². The zero-order valence-corrected chi connectivity index (χ0v) is 8.94. The van der Waals surface area contributed by atoms with Gasteiger partial charge in [0, 0.05) is 6.04 Å². The summed E-state index contributed by atoms with van der Waals surface area (Å²) in [6, 6.07) is 2.24. The molecule has 2 bridgehead atoms. The summed E-state index contributed by atoms with van der Waals surface area (Å²) in [5.74, 6) is -0.693. The minimum atomic E-state index is -0.588. The largest absolute Gasteiger partial charge is 0.394 e. The van der Waals surface area contributed by atoms with Crippen LogP contribution < -0.4 is 0 Å². The quantitative estimate of drug-likeness (QED) is 0.725. The van der Waals surface area contributed by atoms with Crippen LogP contribution in [0.25, 0.3) is 0 Å². The van der Waals surface area contributed by atoms with Crippen molar-refractivity contribution in [2.45, 2.75) is 44.2 Å². The van der Waals surface area contributed by atoms with Gasteiger partial charge in [0.15, 0.2) is 0 Å². The zero-order chi connectivity index (χ0) is 11.1. The average molecular weight is 208 g/mol. The molecule has 2 rings (SSSR count). The van der Waals surface area contributed by atoms with E-state index in [2.05, 4.69) is 0 Å². The van der Waals surface area contributed by atoms with Crippen LogP contribution >= 0.6 is 0 Å². The molecule has 0 aromatic rings. The van der Waals surface area contributed by atoms with E-state index in [-0.39, 0.29) is 24.1 Å². The Bertz CT molecular complexity index is 313. The first-order valence-electron chi connectivity index (χ1n) is 5.48. The molecule has 0 aliphatic carbocycles. The van der Waals surface area contributed by atoms with Crippen molar-refractivity contribution in [3.8, 4) is 6.07 Å². The van der Waals surface area contributed by atoms with Crippen LogP contribution in [0.2, 0.25) is 0 Å². The number of nitrogens with zero attached hydrogens (tertiary/aromatic N) is 2. The number of carbonyl (C=O) groups is 1. The summed E-state index contributed by atoms with van der Waals surface area (Å²) < 4.78 is 0. The van der Waals surface area contributed by atoms with Gasteiger partial charge in [0.1, 0.15) is 5.92 Å². The second-order valence-electron chi connectivity index (χ2n) is 4.67. The summed E-state index contributed by atoms with van der Waals surface area (Å²) in [5, 5.41) is 18.2. The summed E-state index contributed by atoms with van der Waals surface area (Å²) in [7, 11) is 0. The van der Waals surface area contributed by atoms with Crippen molar-refractivity contribution >= 4 is 5.91 Å². The maximum absolute atomic E-state index is 12.0. The van der Waals surface area contributed by atoms with Crippen LogP contribution in [0.3, 0.4) is 0 Å². The van der Waals surface area contributed by atoms with Crippen molar-refractivity contribution in [3.63, 3.8) is 0 Å². The summed E-state index contributed by atoms with van der Waals surface area (Å²) in [6.07, 6.45) is 3.73. The number of hydrogen-bond donors (Lipinski definition) is 1. The molecule has 4 nitrogen and oxygen atoms in total. The second-order valence-corrected chi connectivity index (χ2v) is 4.67. The summed E-state index contributed by atoms with van der Waals surface area (Å²) >= 11 is 0. The molecule has 0 radical (unpaired) electrons. The summed E-state index contributed by atoms with van der Waals surface area (Å²) in [6.45, 7) is 1.67. The van der Waals surface area contributed by atoms with Crippen molar-refractivity contribution in [1.29, 1.82) is 5.26 Å². The molecule has 1 amide bonds. The SMILES string of the molecule is CC(C#N)C(=O)N1C2CCC1(CO)CC2. The number of nitriles is 1. The lowest BCUT2D eigenvalue weighted by molar-refractivity contribution is -0.138. The minimum Gasteiger partial charge on any atom is -0.394 e. The maximum Gasteiger partial charge on any atom is 0.240 e. The fourth-order valence-corrected chi connectivity index (χ4v) is 2.94. The Labute approximate surface area is 89.5 Å². The molecule has 1 unspecified atom stereocenters. The number of rotatable bonds is 2. The third-order valence-electron chi connectivity index (χ3n) is 3.86.